The Labute approximate surface area is 134 Å². The lowest BCUT2D eigenvalue weighted by Gasteiger charge is -2.05. The number of imidazole rings is 1. The molecular formula is C13H10BrN3O2S2. The molecule has 5 nitrogen and oxygen atoms in total. The first-order valence-electron chi connectivity index (χ1n) is 5.91. The van der Waals surface area contributed by atoms with Crippen LogP contribution in [0.3, 0.4) is 0 Å². The number of nitrogens with zero attached hydrogens (tertiary/aromatic N) is 3. The normalized spacial score (nSPS) is 11.9. The summed E-state index contributed by atoms with van der Waals surface area (Å²) < 4.78 is 25.5. The fraction of sp³-hybridized carbons (Fsp3) is 0.0769. The smallest absolute Gasteiger partial charge is 0.175 e. The van der Waals surface area contributed by atoms with Gasteiger partial charge in [0.25, 0.3) is 0 Å². The molecule has 0 unspecified atom stereocenters. The minimum atomic E-state index is -3.17. The van der Waals surface area contributed by atoms with Crippen molar-refractivity contribution in [2.45, 2.75) is 14.8 Å². The van der Waals surface area contributed by atoms with Crippen molar-refractivity contribution in [3.05, 3.63) is 47.5 Å². The Morgan fingerprint density at radius 3 is 2.62 bits per heavy atom. The Bertz CT molecular complexity index is 905. The third kappa shape index (κ3) is 3.12. The monoisotopic (exact) mass is 383 g/mol. The average molecular weight is 384 g/mol. The molecule has 21 heavy (non-hydrogen) atoms. The highest BCUT2D eigenvalue weighted by Gasteiger charge is 2.10. The fourth-order valence-electron chi connectivity index (χ4n) is 1.81. The number of fused-ring (bicyclic) bond motifs is 1. The zero-order valence-electron chi connectivity index (χ0n) is 10.9. The number of rotatable bonds is 3. The van der Waals surface area contributed by atoms with Gasteiger partial charge in [0.1, 0.15) is 9.63 Å². The Morgan fingerprint density at radius 1 is 1.24 bits per heavy atom. The van der Waals surface area contributed by atoms with Crippen LogP contribution in [0, 0.1) is 0 Å². The lowest BCUT2D eigenvalue weighted by atomic mass is 10.4. The van der Waals surface area contributed by atoms with Gasteiger partial charge < -0.3 is 4.40 Å². The van der Waals surface area contributed by atoms with Crippen LogP contribution in [0.25, 0.3) is 5.65 Å². The first-order valence-corrected chi connectivity index (χ1v) is 9.41. The van der Waals surface area contributed by atoms with Gasteiger partial charge in [-0.15, -0.1) is 0 Å². The van der Waals surface area contributed by atoms with Crippen molar-refractivity contribution in [2.24, 2.45) is 0 Å². The van der Waals surface area contributed by atoms with E-state index in [4.69, 9.17) is 0 Å². The molecule has 8 heteroatoms. The van der Waals surface area contributed by atoms with Crippen LogP contribution in [0.4, 0.5) is 0 Å². The summed E-state index contributed by atoms with van der Waals surface area (Å²) in [6.07, 6.45) is 6.58. The predicted molar refractivity (Wildman–Crippen MR) is 84.4 cm³/mol. The van der Waals surface area contributed by atoms with E-state index in [2.05, 4.69) is 25.9 Å². The molecule has 0 bridgehead atoms. The van der Waals surface area contributed by atoms with Crippen LogP contribution in [0.2, 0.25) is 0 Å². The molecule has 0 atom stereocenters. The van der Waals surface area contributed by atoms with E-state index in [1.165, 1.54) is 18.0 Å². The van der Waals surface area contributed by atoms with Crippen molar-refractivity contribution in [1.29, 1.82) is 0 Å². The van der Waals surface area contributed by atoms with Crippen LogP contribution < -0.4 is 0 Å². The summed E-state index contributed by atoms with van der Waals surface area (Å²) in [6, 6.07) is 6.73. The molecule has 0 saturated carbocycles. The van der Waals surface area contributed by atoms with Crippen molar-refractivity contribution in [2.75, 3.05) is 6.26 Å². The lowest BCUT2D eigenvalue weighted by Crippen LogP contribution is -1.96. The highest BCUT2D eigenvalue weighted by molar-refractivity contribution is 9.10. The molecule has 108 valence electrons. The highest BCUT2D eigenvalue weighted by atomic mass is 79.9. The van der Waals surface area contributed by atoms with E-state index in [9.17, 15) is 8.42 Å². The van der Waals surface area contributed by atoms with Gasteiger partial charge in [-0.05, 0) is 40.2 Å². The molecule has 3 rings (SSSR count). The fourth-order valence-corrected chi connectivity index (χ4v) is 3.84. The summed E-state index contributed by atoms with van der Waals surface area (Å²) in [4.78, 5) is 9.90. The summed E-state index contributed by atoms with van der Waals surface area (Å²) in [5.41, 5.74) is 0.760. The molecular weight excluding hydrogens is 374 g/mol. The number of halogens is 1. The number of hydrogen-bond donors (Lipinski definition) is 0. The minimum absolute atomic E-state index is 0.306. The molecule has 0 amide bonds. The second-order valence-corrected chi connectivity index (χ2v) is 8.26. The number of benzene rings is 1. The maximum atomic E-state index is 11.4. The maximum absolute atomic E-state index is 11.4. The standard InChI is InChI=1S/C13H10BrN3O2S2/c1-21(18,19)10-4-2-9(3-5-10)20-13-12-15-6-7-17(12)8-11(14)16-13/h2-8H,1H3. The summed E-state index contributed by atoms with van der Waals surface area (Å²) in [5, 5.41) is 0.751. The lowest BCUT2D eigenvalue weighted by molar-refractivity contribution is 0.602. The summed E-state index contributed by atoms with van der Waals surface area (Å²) in [6.45, 7) is 0. The van der Waals surface area contributed by atoms with Gasteiger partial charge in [-0.25, -0.2) is 18.4 Å². The molecule has 2 aromatic heterocycles. The molecule has 0 spiro atoms. The van der Waals surface area contributed by atoms with Crippen molar-refractivity contribution >= 4 is 43.2 Å². The summed E-state index contributed by atoms with van der Waals surface area (Å²) in [7, 11) is -3.17. The van der Waals surface area contributed by atoms with Gasteiger partial charge in [-0.2, -0.15) is 0 Å². The molecule has 1 aromatic carbocycles. The van der Waals surface area contributed by atoms with Gasteiger partial charge in [0, 0.05) is 29.7 Å². The van der Waals surface area contributed by atoms with Crippen LogP contribution in [-0.2, 0) is 9.84 Å². The second kappa shape index (κ2) is 5.43. The quantitative estimate of drug-likeness (QED) is 0.695. The third-order valence-corrected chi connectivity index (χ3v) is 5.27. The van der Waals surface area contributed by atoms with Gasteiger partial charge in [0.15, 0.2) is 15.5 Å². The molecule has 0 radical (unpaired) electrons. The number of sulfone groups is 1. The van der Waals surface area contributed by atoms with Crippen molar-refractivity contribution in [1.82, 2.24) is 14.4 Å². The largest absolute Gasteiger partial charge is 0.302 e. The molecule has 0 aliphatic carbocycles. The van der Waals surface area contributed by atoms with Gasteiger partial charge in [-0.1, -0.05) is 11.8 Å². The Balaban J connectivity index is 1.97. The van der Waals surface area contributed by atoms with Crippen LogP contribution in [0.1, 0.15) is 0 Å². The van der Waals surface area contributed by atoms with Crippen molar-refractivity contribution < 1.29 is 8.42 Å². The van der Waals surface area contributed by atoms with E-state index in [1.54, 1.807) is 30.5 Å². The number of aromatic nitrogens is 3. The molecule has 0 aliphatic heterocycles. The molecule has 0 saturated heterocycles. The van der Waals surface area contributed by atoms with Crippen LogP contribution in [0.5, 0.6) is 0 Å². The molecule has 2 heterocycles. The van der Waals surface area contributed by atoms with E-state index in [0.29, 0.717) is 9.50 Å². The number of hydrogen-bond acceptors (Lipinski definition) is 5. The van der Waals surface area contributed by atoms with E-state index < -0.39 is 9.84 Å². The minimum Gasteiger partial charge on any atom is -0.302 e. The van der Waals surface area contributed by atoms with Gasteiger partial charge >= 0.3 is 0 Å². The van der Waals surface area contributed by atoms with Crippen LogP contribution in [0.15, 0.2) is 62.3 Å². The topological polar surface area (TPSA) is 64.3 Å². The second-order valence-electron chi connectivity index (χ2n) is 4.37. The molecule has 0 fully saturated rings. The van der Waals surface area contributed by atoms with Gasteiger partial charge in [0.05, 0.1) is 4.90 Å². The molecule has 3 aromatic rings. The van der Waals surface area contributed by atoms with E-state index in [-0.39, 0.29) is 0 Å². The Kier molecular flexibility index (Phi) is 3.76. The van der Waals surface area contributed by atoms with Crippen LogP contribution >= 0.6 is 27.7 Å². The van der Waals surface area contributed by atoms with Gasteiger partial charge in [0.2, 0.25) is 0 Å². The van der Waals surface area contributed by atoms with E-state index in [0.717, 1.165) is 15.6 Å². The third-order valence-electron chi connectivity index (χ3n) is 2.78. The highest BCUT2D eigenvalue weighted by Crippen LogP contribution is 2.30. The summed E-state index contributed by atoms with van der Waals surface area (Å²) >= 11 is 4.80. The maximum Gasteiger partial charge on any atom is 0.175 e. The molecule has 0 aliphatic rings. The predicted octanol–water partition coefficient (Wildman–Crippen LogP) is 3.05. The van der Waals surface area contributed by atoms with Crippen molar-refractivity contribution in [3.63, 3.8) is 0 Å². The zero-order chi connectivity index (χ0) is 15.0. The Hall–Kier alpha value is -1.38. The van der Waals surface area contributed by atoms with Crippen LogP contribution in [-0.4, -0.2) is 29.0 Å². The van der Waals surface area contributed by atoms with Crippen molar-refractivity contribution in [3.8, 4) is 0 Å². The summed E-state index contributed by atoms with van der Waals surface area (Å²) in [5.74, 6) is 0. The van der Waals surface area contributed by atoms with E-state index in [1.807, 2.05) is 16.8 Å². The Morgan fingerprint density at radius 2 is 1.95 bits per heavy atom. The van der Waals surface area contributed by atoms with Gasteiger partial charge in [-0.3, -0.25) is 0 Å². The van der Waals surface area contributed by atoms with E-state index >= 15 is 0 Å². The zero-order valence-corrected chi connectivity index (χ0v) is 14.1. The molecule has 0 N–H and O–H groups in total. The average Bonchev–Trinajstić information content (AvgIpc) is 2.86. The first kappa shape index (κ1) is 14.6. The first-order chi connectivity index (χ1) is 9.93. The SMILES string of the molecule is CS(=O)(=O)c1ccc(Sc2nc(Br)cn3ccnc23)cc1.